The van der Waals surface area contributed by atoms with Crippen LogP contribution in [0.15, 0.2) is 24.3 Å². The Labute approximate surface area is 162 Å². The Morgan fingerprint density at radius 2 is 1.70 bits per heavy atom. The van der Waals surface area contributed by atoms with E-state index in [0.717, 1.165) is 31.2 Å². The molecule has 152 valence electrons. The predicted octanol–water partition coefficient (Wildman–Crippen LogP) is 3.53. The molecular formula is C20H31FN2O3S. The first-order valence-corrected chi connectivity index (χ1v) is 11.2. The van der Waals surface area contributed by atoms with E-state index in [2.05, 4.69) is 17.0 Å². The van der Waals surface area contributed by atoms with Crippen LogP contribution >= 0.6 is 0 Å². The van der Waals surface area contributed by atoms with Gasteiger partial charge in [0.25, 0.3) is 0 Å². The van der Waals surface area contributed by atoms with Crippen LogP contribution in [0, 0.1) is 17.2 Å². The summed E-state index contributed by atoms with van der Waals surface area (Å²) in [7, 11) is -3.70. The Kier molecular flexibility index (Phi) is 7.03. The van der Waals surface area contributed by atoms with Crippen molar-refractivity contribution >= 4 is 15.9 Å². The second-order valence-corrected chi connectivity index (χ2v) is 10.5. The van der Waals surface area contributed by atoms with Crippen molar-refractivity contribution in [2.45, 2.75) is 65.5 Å². The highest BCUT2D eigenvalue weighted by molar-refractivity contribution is 7.90. The number of hydrogen-bond acceptors (Lipinski definition) is 3. The van der Waals surface area contributed by atoms with Crippen LogP contribution < -0.4 is 10.0 Å². The molecule has 1 unspecified atom stereocenters. The number of benzene rings is 1. The van der Waals surface area contributed by atoms with E-state index in [1.54, 1.807) is 12.1 Å². The molecule has 0 spiro atoms. The second-order valence-electron chi connectivity index (χ2n) is 8.75. The minimum Gasteiger partial charge on any atom is -0.348 e. The number of rotatable bonds is 6. The maximum atomic E-state index is 13.2. The van der Waals surface area contributed by atoms with E-state index in [1.807, 2.05) is 20.8 Å². The average molecular weight is 399 g/mol. The zero-order chi connectivity index (χ0) is 20.2. The van der Waals surface area contributed by atoms with Gasteiger partial charge < -0.3 is 5.32 Å². The molecule has 1 aromatic rings. The molecule has 2 rings (SSSR count). The fraction of sp³-hybridized carbons (Fsp3) is 0.650. The summed E-state index contributed by atoms with van der Waals surface area (Å²) in [6.45, 7) is 7.99. The van der Waals surface area contributed by atoms with Crippen molar-refractivity contribution < 1.29 is 17.6 Å². The van der Waals surface area contributed by atoms with E-state index in [1.165, 1.54) is 12.1 Å². The fourth-order valence-electron chi connectivity index (χ4n) is 3.50. The van der Waals surface area contributed by atoms with Gasteiger partial charge in [0.05, 0.1) is 6.04 Å². The standard InChI is InChI=1S/C20H31FN2O3S/c1-14-5-11-17(12-6-14)23-27(25,26)13-18(24)22-19(20(2,3)4)15-7-9-16(21)10-8-15/h7-10,14,17,19,23H,5-6,11-13H2,1-4H3,(H,22,24). The maximum Gasteiger partial charge on any atom is 0.237 e. The van der Waals surface area contributed by atoms with E-state index in [4.69, 9.17) is 0 Å². The van der Waals surface area contributed by atoms with Crippen LogP contribution in [0.25, 0.3) is 0 Å². The van der Waals surface area contributed by atoms with Crippen molar-refractivity contribution in [1.82, 2.24) is 10.0 Å². The predicted molar refractivity (Wildman–Crippen MR) is 105 cm³/mol. The van der Waals surface area contributed by atoms with E-state index < -0.39 is 27.7 Å². The lowest BCUT2D eigenvalue weighted by molar-refractivity contribution is -0.120. The SMILES string of the molecule is CC1CCC(NS(=O)(=O)CC(=O)NC(c2ccc(F)cc2)C(C)(C)C)CC1. The van der Waals surface area contributed by atoms with Gasteiger partial charge in [0, 0.05) is 6.04 Å². The third kappa shape index (κ3) is 6.88. The Hall–Kier alpha value is -1.47. The largest absolute Gasteiger partial charge is 0.348 e. The summed E-state index contributed by atoms with van der Waals surface area (Å²) in [4.78, 5) is 12.4. The molecule has 1 aliphatic carbocycles. The molecule has 27 heavy (non-hydrogen) atoms. The molecule has 1 aliphatic rings. The van der Waals surface area contributed by atoms with Gasteiger partial charge in [-0.15, -0.1) is 0 Å². The van der Waals surface area contributed by atoms with Gasteiger partial charge in [-0.1, -0.05) is 39.8 Å². The highest BCUT2D eigenvalue weighted by Gasteiger charge is 2.30. The second kappa shape index (κ2) is 8.69. The molecular weight excluding hydrogens is 367 g/mol. The topological polar surface area (TPSA) is 75.3 Å². The molecule has 1 fully saturated rings. The number of carbonyl (C=O) groups excluding carboxylic acids is 1. The first-order valence-electron chi connectivity index (χ1n) is 9.51. The third-order valence-corrected chi connectivity index (χ3v) is 6.39. The lowest BCUT2D eigenvalue weighted by atomic mass is 9.82. The Morgan fingerprint density at radius 3 is 2.22 bits per heavy atom. The molecule has 1 amide bonds. The summed E-state index contributed by atoms with van der Waals surface area (Å²) in [5.41, 5.74) is 0.383. The number of hydrogen-bond donors (Lipinski definition) is 2. The van der Waals surface area contributed by atoms with Crippen molar-refractivity contribution in [3.63, 3.8) is 0 Å². The summed E-state index contributed by atoms with van der Waals surface area (Å²) in [6, 6.07) is 5.39. The molecule has 0 bridgehead atoms. The Morgan fingerprint density at radius 1 is 1.15 bits per heavy atom. The van der Waals surface area contributed by atoms with Crippen molar-refractivity contribution in [3.8, 4) is 0 Å². The number of amides is 1. The normalized spacial score (nSPS) is 22.3. The van der Waals surface area contributed by atoms with Gasteiger partial charge >= 0.3 is 0 Å². The van der Waals surface area contributed by atoms with Gasteiger partial charge in [0.2, 0.25) is 15.9 Å². The molecule has 7 heteroatoms. The van der Waals surface area contributed by atoms with Crippen LogP contribution in [-0.2, 0) is 14.8 Å². The van der Waals surface area contributed by atoms with Gasteiger partial charge in [-0.25, -0.2) is 17.5 Å². The molecule has 0 saturated heterocycles. The first kappa shape index (κ1) is 21.8. The smallest absolute Gasteiger partial charge is 0.237 e. The Balaban J connectivity index is 2.01. The van der Waals surface area contributed by atoms with Crippen molar-refractivity contribution in [2.75, 3.05) is 5.75 Å². The summed E-state index contributed by atoms with van der Waals surface area (Å²) < 4.78 is 40.6. The van der Waals surface area contributed by atoms with Gasteiger partial charge in [-0.05, 0) is 54.7 Å². The molecule has 0 heterocycles. The number of sulfonamides is 1. The zero-order valence-corrected chi connectivity index (χ0v) is 17.4. The third-order valence-electron chi connectivity index (χ3n) is 5.06. The molecule has 0 radical (unpaired) electrons. The van der Waals surface area contributed by atoms with Crippen LogP contribution in [0.4, 0.5) is 4.39 Å². The molecule has 2 N–H and O–H groups in total. The van der Waals surface area contributed by atoms with Gasteiger partial charge in [0.1, 0.15) is 11.6 Å². The average Bonchev–Trinajstić information content (AvgIpc) is 2.54. The lowest BCUT2D eigenvalue weighted by Gasteiger charge is -2.32. The highest BCUT2D eigenvalue weighted by Crippen LogP contribution is 2.32. The van der Waals surface area contributed by atoms with E-state index >= 15 is 0 Å². The molecule has 1 aromatic carbocycles. The van der Waals surface area contributed by atoms with E-state index in [-0.39, 0.29) is 17.3 Å². The first-order chi connectivity index (χ1) is 12.5. The Bertz CT molecular complexity index is 733. The van der Waals surface area contributed by atoms with Crippen LogP contribution in [-0.4, -0.2) is 26.1 Å². The maximum absolute atomic E-state index is 13.2. The minimum absolute atomic E-state index is 0.0884. The molecule has 5 nitrogen and oxygen atoms in total. The highest BCUT2D eigenvalue weighted by atomic mass is 32.2. The lowest BCUT2D eigenvalue weighted by Crippen LogP contribution is -2.44. The number of nitrogens with one attached hydrogen (secondary N) is 2. The molecule has 1 saturated carbocycles. The van der Waals surface area contributed by atoms with Gasteiger partial charge in [0.15, 0.2) is 0 Å². The van der Waals surface area contributed by atoms with Gasteiger partial charge in [-0.3, -0.25) is 4.79 Å². The van der Waals surface area contributed by atoms with Crippen molar-refractivity contribution in [2.24, 2.45) is 11.3 Å². The van der Waals surface area contributed by atoms with Crippen LogP contribution in [0.1, 0.15) is 65.0 Å². The van der Waals surface area contributed by atoms with Crippen molar-refractivity contribution in [1.29, 1.82) is 0 Å². The summed E-state index contributed by atoms with van der Waals surface area (Å²) in [5.74, 6) is -0.896. The summed E-state index contributed by atoms with van der Waals surface area (Å²) >= 11 is 0. The number of carbonyl (C=O) groups is 1. The van der Waals surface area contributed by atoms with Crippen LogP contribution in [0.3, 0.4) is 0 Å². The summed E-state index contributed by atoms with van der Waals surface area (Å²) in [5, 5.41) is 2.81. The van der Waals surface area contributed by atoms with Crippen LogP contribution in [0.2, 0.25) is 0 Å². The van der Waals surface area contributed by atoms with Crippen LogP contribution in [0.5, 0.6) is 0 Å². The van der Waals surface area contributed by atoms with Gasteiger partial charge in [-0.2, -0.15) is 0 Å². The molecule has 1 atom stereocenters. The van der Waals surface area contributed by atoms with Crippen molar-refractivity contribution in [3.05, 3.63) is 35.6 Å². The van der Waals surface area contributed by atoms with E-state index in [9.17, 15) is 17.6 Å². The fourth-order valence-corrected chi connectivity index (χ4v) is 4.76. The minimum atomic E-state index is -3.70. The monoisotopic (exact) mass is 398 g/mol. The number of halogens is 1. The molecule has 0 aliphatic heterocycles. The van der Waals surface area contributed by atoms with E-state index in [0.29, 0.717) is 5.92 Å². The quantitative estimate of drug-likeness (QED) is 0.770. The summed E-state index contributed by atoms with van der Waals surface area (Å²) in [6.07, 6.45) is 3.61. The zero-order valence-electron chi connectivity index (χ0n) is 16.6. The molecule has 0 aromatic heterocycles.